The fraction of sp³-hybridized carbons (Fsp3) is 0.231. The standard InChI is InChI=1S/C13H13ClFNOS/c14-10-4-1-3-8(12(10)15)9(7-16)13(17)11-5-2-6-18-11/h1-6,9,13,17H,7,16H2. The Hall–Kier alpha value is -0.940. The summed E-state index contributed by atoms with van der Waals surface area (Å²) in [5.74, 6) is -1.01. The first-order valence-electron chi connectivity index (χ1n) is 5.50. The molecule has 0 saturated carbocycles. The van der Waals surface area contributed by atoms with Crippen LogP contribution in [0.5, 0.6) is 0 Å². The summed E-state index contributed by atoms with van der Waals surface area (Å²) in [4.78, 5) is 0.768. The molecule has 2 atom stereocenters. The molecule has 0 saturated heterocycles. The second kappa shape index (κ2) is 5.80. The third-order valence-electron chi connectivity index (χ3n) is 2.85. The second-order valence-corrected chi connectivity index (χ2v) is 5.33. The first-order valence-corrected chi connectivity index (χ1v) is 6.76. The number of rotatable bonds is 4. The Labute approximate surface area is 114 Å². The number of benzene rings is 1. The maximum atomic E-state index is 13.9. The van der Waals surface area contributed by atoms with E-state index in [1.165, 1.54) is 17.4 Å². The monoisotopic (exact) mass is 285 g/mol. The summed E-state index contributed by atoms with van der Waals surface area (Å²) in [7, 11) is 0. The molecule has 2 nitrogen and oxygen atoms in total. The average molecular weight is 286 g/mol. The van der Waals surface area contributed by atoms with E-state index in [9.17, 15) is 9.50 Å². The molecule has 18 heavy (non-hydrogen) atoms. The lowest BCUT2D eigenvalue weighted by Crippen LogP contribution is -2.20. The van der Waals surface area contributed by atoms with Crippen molar-refractivity contribution in [2.45, 2.75) is 12.0 Å². The van der Waals surface area contributed by atoms with Crippen LogP contribution in [0.4, 0.5) is 4.39 Å². The maximum Gasteiger partial charge on any atom is 0.145 e. The summed E-state index contributed by atoms with van der Waals surface area (Å²) in [6.07, 6.45) is -0.817. The van der Waals surface area contributed by atoms with Gasteiger partial charge in [0.25, 0.3) is 0 Å². The van der Waals surface area contributed by atoms with Crippen LogP contribution in [0.25, 0.3) is 0 Å². The van der Waals surface area contributed by atoms with Crippen LogP contribution in [0.2, 0.25) is 5.02 Å². The molecule has 2 rings (SSSR count). The van der Waals surface area contributed by atoms with E-state index in [0.29, 0.717) is 5.56 Å². The van der Waals surface area contributed by atoms with Gasteiger partial charge < -0.3 is 10.8 Å². The van der Waals surface area contributed by atoms with Gasteiger partial charge in [0.1, 0.15) is 5.82 Å². The van der Waals surface area contributed by atoms with Crippen molar-refractivity contribution in [1.82, 2.24) is 0 Å². The number of thiophene rings is 1. The molecule has 1 aromatic heterocycles. The predicted octanol–water partition coefficient (Wildman–Crippen LogP) is 3.32. The van der Waals surface area contributed by atoms with E-state index < -0.39 is 17.8 Å². The Bertz CT molecular complexity index is 518. The van der Waals surface area contributed by atoms with Crippen LogP contribution in [-0.2, 0) is 0 Å². The Kier molecular flexibility index (Phi) is 4.35. The molecule has 0 bridgehead atoms. The highest BCUT2D eigenvalue weighted by Crippen LogP contribution is 2.35. The highest BCUT2D eigenvalue weighted by atomic mass is 35.5. The maximum absolute atomic E-state index is 13.9. The first kappa shape index (κ1) is 13.5. The molecule has 96 valence electrons. The van der Waals surface area contributed by atoms with Gasteiger partial charge in [-0.25, -0.2) is 4.39 Å². The van der Waals surface area contributed by atoms with Crippen molar-refractivity contribution in [2.75, 3.05) is 6.54 Å². The highest BCUT2D eigenvalue weighted by molar-refractivity contribution is 7.10. The minimum absolute atomic E-state index is 0.0457. The lowest BCUT2D eigenvalue weighted by atomic mass is 9.92. The molecule has 0 radical (unpaired) electrons. The smallest absolute Gasteiger partial charge is 0.145 e. The van der Waals surface area contributed by atoms with Gasteiger partial charge in [0.05, 0.1) is 11.1 Å². The molecule has 3 N–H and O–H groups in total. The van der Waals surface area contributed by atoms with Crippen LogP contribution < -0.4 is 5.73 Å². The number of aliphatic hydroxyl groups is 1. The largest absolute Gasteiger partial charge is 0.387 e. The van der Waals surface area contributed by atoms with Crippen molar-refractivity contribution >= 4 is 22.9 Å². The summed E-state index contributed by atoms with van der Waals surface area (Å²) in [5.41, 5.74) is 6.02. The van der Waals surface area contributed by atoms with E-state index >= 15 is 0 Å². The van der Waals surface area contributed by atoms with E-state index in [-0.39, 0.29) is 11.6 Å². The lowest BCUT2D eigenvalue weighted by molar-refractivity contribution is 0.149. The van der Waals surface area contributed by atoms with Gasteiger partial charge in [-0.3, -0.25) is 0 Å². The molecule has 0 spiro atoms. The zero-order valence-corrected chi connectivity index (χ0v) is 11.1. The number of hydrogen-bond donors (Lipinski definition) is 2. The van der Waals surface area contributed by atoms with Crippen molar-refractivity contribution in [3.63, 3.8) is 0 Å². The van der Waals surface area contributed by atoms with Crippen molar-refractivity contribution < 1.29 is 9.50 Å². The quantitative estimate of drug-likeness (QED) is 0.905. The van der Waals surface area contributed by atoms with Crippen LogP contribution in [-0.4, -0.2) is 11.7 Å². The molecule has 5 heteroatoms. The SMILES string of the molecule is NCC(c1cccc(Cl)c1F)C(O)c1cccs1. The van der Waals surface area contributed by atoms with Crippen LogP contribution in [0.3, 0.4) is 0 Å². The van der Waals surface area contributed by atoms with Crippen molar-refractivity contribution in [1.29, 1.82) is 0 Å². The summed E-state index contributed by atoms with van der Waals surface area (Å²) in [6.45, 7) is 0.149. The second-order valence-electron chi connectivity index (χ2n) is 3.95. The lowest BCUT2D eigenvalue weighted by Gasteiger charge is -2.21. The van der Waals surface area contributed by atoms with Crippen molar-refractivity contribution in [2.24, 2.45) is 5.73 Å². The Morgan fingerprint density at radius 1 is 1.33 bits per heavy atom. The number of nitrogens with two attached hydrogens (primary N) is 1. The topological polar surface area (TPSA) is 46.2 Å². The number of halogens is 2. The van der Waals surface area contributed by atoms with Crippen molar-refractivity contribution in [3.05, 3.63) is 57.0 Å². The molecule has 2 aromatic rings. The molecular formula is C13H13ClFNOS. The minimum Gasteiger partial charge on any atom is -0.387 e. The summed E-state index contributed by atoms with van der Waals surface area (Å²) in [6, 6.07) is 8.39. The minimum atomic E-state index is -0.817. The molecule has 0 aliphatic rings. The fourth-order valence-corrected chi connectivity index (χ4v) is 2.85. The van der Waals surface area contributed by atoms with Gasteiger partial charge in [0, 0.05) is 17.3 Å². The van der Waals surface area contributed by atoms with Gasteiger partial charge in [-0.05, 0) is 23.1 Å². The van der Waals surface area contributed by atoms with E-state index in [4.69, 9.17) is 17.3 Å². The number of hydrogen-bond acceptors (Lipinski definition) is 3. The molecule has 1 aromatic carbocycles. The molecule has 0 aliphatic carbocycles. The zero-order chi connectivity index (χ0) is 13.1. The molecule has 0 aliphatic heterocycles. The molecule has 0 fully saturated rings. The third-order valence-corrected chi connectivity index (χ3v) is 4.09. The van der Waals surface area contributed by atoms with Gasteiger partial charge in [-0.15, -0.1) is 11.3 Å². The number of aliphatic hydroxyl groups excluding tert-OH is 1. The van der Waals surface area contributed by atoms with Crippen molar-refractivity contribution in [3.8, 4) is 0 Å². The van der Waals surface area contributed by atoms with Gasteiger partial charge in [0.2, 0.25) is 0 Å². The molecular weight excluding hydrogens is 273 g/mol. The van der Waals surface area contributed by atoms with Crippen LogP contribution in [0.15, 0.2) is 35.7 Å². The van der Waals surface area contributed by atoms with E-state index in [2.05, 4.69) is 0 Å². The summed E-state index contributed by atoms with van der Waals surface area (Å²) >= 11 is 7.17. The Morgan fingerprint density at radius 2 is 2.11 bits per heavy atom. The zero-order valence-electron chi connectivity index (χ0n) is 9.51. The van der Waals surface area contributed by atoms with Gasteiger partial charge in [0.15, 0.2) is 0 Å². The van der Waals surface area contributed by atoms with E-state index in [1.54, 1.807) is 18.2 Å². The average Bonchev–Trinajstić information content (AvgIpc) is 2.89. The summed E-state index contributed by atoms with van der Waals surface area (Å²) in [5, 5.41) is 12.2. The van der Waals surface area contributed by atoms with Gasteiger partial charge in [-0.2, -0.15) is 0 Å². The third kappa shape index (κ3) is 2.57. The first-order chi connectivity index (χ1) is 8.65. The van der Waals surface area contributed by atoms with Crippen LogP contribution in [0, 0.1) is 5.82 Å². The predicted molar refractivity (Wildman–Crippen MR) is 72.5 cm³/mol. The van der Waals surface area contributed by atoms with Gasteiger partial charge >= 0.3 is 0 Å². The van der Waals surface area contributed by atoms with E-state index in [1.807, 2.05) is 11.4 Å². The molecule has 1 heterocycles. The summed E-state index contributed by atoms with van der Waals surface area (Å²) < 4.78 is 13.9. The van der Waals surface area contributed by atoms with Crippen LogP contribution in [0.1, 0.15) is 22.5 Å². The van der Waals surface area contributed by atoms with Gasteiger partial charge in [-0.1, -0.05) is 29.8 Å². The Morgan fingerprint density at radius 3 is 2.72 bits per heavy atom. The normalized spacial score (nSPS) is 14.4. The van der Waals surface area contributed by atoms with E-state index in [0.717, 1.165) is 4.88 Å². The molecule has 2 unspecified atom stereocenters. The van der Waals surface area contributed by atoms with Crippen LogP contribution >= 0.6 is 22.9 Å². The highest BCUT2D eigenvalue weighted by Gasteiger charge is 2.25. The Balaban J connectivity index is 2.36. The fourth-order valence-electron chi connectivity index (χ4n) is 1.89. The molecule has 0 amide bonds.